The molecule has 2 saturated heterocycles. The van der Waals surface area contributed by atoms with Crippen LogP contribution < -0.4 is 15.5 Å². The average molecular weight is 704 g/mol. The molecule has 3 fully saturated rings. The number of aromatic nitrogens is 2. The van der Waals surface area contributed by atoms with Crippen molar-refractivity contribution in [2.75, 3.05) is 29.9 Å². The topological polar surface area (TPSA) is 137 Å². The van der Waals surface area contributed by atoms with E-state index in [4.69, 9.17) is 5.10 Å². The first-order valence-corrected chi connectivity index (χ1v) is 17.1. The molecule has 2 aromatic carbocycles. The number of fused-ring (bicyclic) bond motifs is 2. The van der Waals surface area contributed by atoms with Gasteiger partial charge in [-0.25, -0.2) is 0 Å². The van der Waals surface area contributed by atoms with E-state index < -0.39 is 46.9 Å². The van der Waals surface area contributed by atoms with Crippen molar-refractivity contribution < 1.29 is 37.1 Å². The Kier molecular flexibility index (Phi) is 7.63. The van der Waals surface area contributed by atoms with Crippen LogP contribution in [0.2, 0.25) is 0 Å². The Bertz CT molecular complexity index is 1990. The highest BCUT2D eigenvalue weighted by Gasteiger charge is 2.45. The molecule has 4 aliphatic heterocycles. The highest BCUT2D eigenvalue weighted by molar-refractivity contribution is 6.23. The highest BCUT2D eigenvalue weighted by atomic mass is 19.4. The Morgan fingerprint density at radius 1 is 0.961 bits per heavy atom. The molecule has 266 valence electrons. The number of halogens is 3. The SMILES string of the molecule is CC(C)(C(=O)Nc1ccc(C(F)(F)F)cc1C1CC1)n1cc2c(n1)CN(CC1CN(c3ccc4c(c3)C(=O)N(C3CCC(=O)NC3=O)C4=O)C1)C2. The Hall–Kier alpha value is -5.05. The maximum atomic E-state index is 13.5. The Morgan fingerprint density at radius 2 is 1.71 bits per heavy atom. The summed E-state index contributed by atoms with van der Waals surface area (Å²) in [4.78, 5) is 69.1. The van der Waals surface area contributed by atoms with Gasteiger partial charge in [0.05, 0.1) is 22.4 Å². The van der Waals surface area contributed by atoms with Gasteiger partial charge in [0, 0.05) is 68.2 Å². The summed E-state index contributed by atoms with van der Waals surface area (Å²) in [6.07, 6.45) is -0.829. The number of piperidine rings is 1. The lowest BCUT2D eigenvalue weighted by Crippen LogP contribution is -2.54. The first-order valence-electron chi connectivity index (χ1n) is 17.1. The van der Waals surface area contributed by atoms with Crippen molar-refractivity contribution in [2.24, 2.45) is 5.92 Å². The van der Waals surface area contributed by atoms with E-state index in [1.54, 1.807) is 30.7 Å². The fraction of sp³-hybridized carbons (Fsp3) is 0.444. The van der Waals surface area contributed by atoms with E-state index in [9.17, 15) is 37.1 Å². The van der Waals surface area contributed by atoms with Gasteiger partial charge in [0.1, 0.15) is 11.6 Å². The molecule has 0 bridgehead atoms. The predicted molar refractivity (Wildman–Crippen MR) is 177 cm³/mol. The lowest BCUT2D eigenvalue weighted by molar-refractivity contribution is -0.138. The van der Waals surface area contributed by atoms with Gasteiger partial charge < -0.3 is 10.2 Å². The average Bonchev–Trinajstić information content (AvgIpc) is 3.64. The lowest BCUT2D eigenvalue weighted by atomic mass is 9.97. The number of nitrogens with zero attached hydrogens (tertiary/aromatic N) is 5. The zero-order valence-electron chi connectivity index (χ0n) is 28.0. The first-order chi connectivity index (χ1) is 24.2. The zero-order valence-corrected chi connectivity index (χ0v) is 28.0. The molecule has 15 heteroatoms. The Balaban J connectivity index is 0.861. The van der Waals surface area contributed by atoms with E-state index in [-0.39, 0.29) is 35.8 Å². The summed E-state index contributed by atoms with van der Waals surface area (Å²) < 4.78 is 41.7. The lowest BCUT2D eigenvalue weighted by Gasteiger charge is -2.42. The number of hydrogen-bond acceptors (Lipinski definition) is 8. The minimum absolute atomic E-state index is 0.00838. The summed E-state index contributed by atoms with van der Waals surface area (Å²) in [5.41, 5.74) is 2.32. The van der Waals surface area contributed by atoms with Crippen molar-refractivity contribution in [3.63, 3.8) is 0 Å². The summed E-state index contributed by atoms with van der Waals surface area (Å²) in [7, 11) is 0. The van der Waals surface area contributed by atoms with Crippen molar-refractivity contribution in [1.82, 2.24) is 24.9 Å². The number of carbonyl (C=O) groups is 5. The van der Waals surface area contributed by atoms with Gasteiger partial charge in [-0.1, -0.05) is 0 Å². The van der Waals surface area contributed by atoms with Gasteiger partial charge in [0.25, 0.3) is 17.7 Å². The van der Waals surface area contributed by atoms with Crippen LogP contribution in [0.5, 0.6) is 0 Å². The molecule has 5 amide bonds. The number of hydrogen-bond donors (Lipinski definition) is 2. The molecule has 5 aliphatic rings. The number of anilines is 2. The number of amides is 5. The number of benzene rings is 2. The van der Waals surface area contributed by atoms with Gasteiger partial charge in [-0.2, -0.15) is 18.3 Å². The molecule has 1 aromatic heterocycles. The maximum absolute atomic E-state index is 13.5. The van der Waals surface area contributed by atoms with E-state index in [1.165, 1.54) is 6.07 Å². The molecule has 5 heterocycles. The van der Waals surface area contributed by atoms with Crippen molar-refractivity contribution in [2.45, 2.75) is 76.3 Å². The standard InChI is InChI=1S/C36H36F3N7O5/c1-35(2,34(51)40-27-8-5-22(36(37,38)39)11-25(27)20-3-4-20)45-17-21-16-43(18-28(21)42-45)13-19-14-44(15-19)23-6-7-24-26(12-23)33(50)46(32(24)49)29-9-10-30(47)41-31(29)48/h5-8,11-12,17,19-20,29H,3-4,9-10,13-16,18H2,1-2H3,(H,40,51)(H,41,47,48). The smallest absolute Gasteiger partial charge is 0.371 e. The van der Waals surface area contributed by atoms with E-state index in [0.29, 0.717) is 30.3 Å². The molecule has 12 nitrogen and oxygen atoms in total. The van der Waals surface area contributed by atoms with Crippen molar-refractivity contribution >= 4 is 40.9 Å². The Labute approximate surface area is 290 Å². The van der Waals surface area contributed by atoms with Gasteiger partial charge >= 0.3 is 6.18 Å². The molecule has 3 aromatic rings. The van der Waals surface area contributed by atoms with Crippen LogP contribution in [0, 0.1) is 5.92 Å². The van der Waals surface area contributed by atoms with Crippen LogP contribution >= 0.6 is 0 Å². The summed E-state index contributed by atoms with van der Waals surface area (Å²) >= 11 is 0. The Morgan fingerprint density at radius 3 is 2.39 bits per heavy atom. The molecule has 1 unspecified atom stereocenters. The van der Waals surface area contributed by atoms with Crippen LogP contribution in [0.3, 0.4) is 0 Å². The normalized spacial score (nSPS) is 21.2. The summed E-state index contributed by atoms with van der Waals surface area (Å²) in [6.45, 7) is 7.09. The van der Waals surface area contributed by atoms with Crippen molar-refractivity contribution in [3.05, 3.63) is 76.1 Å². The number of imide groups is 2. The molecule has 1 saturated carbocycles. The van der Waals surface area contributed by atoms with E-state index in [1.807, 2.05) is 12.3 Å². The quantitative estimate of drug-likeness (QED) is 0.336. The number of alkyl halides is 3. The number of rotatable bonds is 8. The molecule has 2 N–H and O–H groups in total. The number of nitrogens with one attached hydrogen (secondary N) is 2. The molecule has 1 aliphatic carbocycles. The van der Waals surface area contributed by atoms with Crippen LogP contribution in [-0.2, 0) is 39.2 Å². The van der Waals surface area contributed by atoms with E-state index >= 15 is 0 Å². The second-order valence-corrected chi connectivity index (χ2v) is 14.8. The molecular formula is C36H36F3N7O5. The fourth-order valence-electron chi connectivity index (χ4n) is 7.52. The largest absolute Gasteiger partial charge is 0.416 e. The molecule has 1 atom stereocenters. The second kappa shape index (κ2) is 11.8. The molecule has 8 rings (SSSR count). The first kappa shape index (κ1) is 33.1. The molecular weight excluding hydrogens is 667 g/mol. The van der Waals surface area contributed by atoms with Crippen LogP contribution in [0.25, 0.3) is 0 Å². The van der Waals surface area contributed by atoms with Gasteiger partial charge in [-0.3, -0.25) is 43.8 Å². The summed E-state index contributed by atoms with van der Waals surface area (Å²) in [5.74, 6) is -2.11. The third-order valence-corrected chi connectivity index (χ3v) is 10.7. The van der Waals surface area contributed by atoms with Gasteiger partial charge in [-0.05, 0) is 81.0 Å². The van der Waals surface area contributed by atoms with Crippen LogP contribution in [-0.4, -0.2) is 74.8 Å². The van der Waals surface area contributed by atoms with Crippen LogP contribution in [0.4, 0.5) is 24.5 Å². The highest BCUT2D eigenvalue weighted by Crippen LogP contribution is 2.46. The maximum Gasteiger partial charge on any atom is 0.416 e. The minimum atomic E-state index is -4.45. The van der Waals surface area contributed by atoms with Gasteiger partial charge in [-0.15, -0.1) is 0 Å². The predicted octanol–water partition coefficient (Wildman–Crippen LogP) is 4.01. The van der Waals surface area contributed by atoms with Crippen LogP contribution in [0.15, 0.2) is 42.6 Å². The van der Waals surface area contributed by atoms with Crippen LogP contribution in [0.1, 0.15) is 88.5 Å². The second-order valence-electron chi connectivity index (χ2n) is 14.8. The van der Waals surface area contributed by atoms with E-state index in [0.717, 1.165) is 66.5 Å². The molecule has 0 spiro atoms. The van der Waals surface area contributed by atoms with Crippen molar-refractivity contribution in [3.8, 4) is 0 Å². The third kappa shape index (κ3) is 5.86. The monoisotopic (exact) mass is 703 g/mol. The minimum Gasteiger partial charge on any atom is -0.371 e. The fourth-order valence-corrected chi connectivity index (χ4v) is 7.52. The molecule has 51 heavy (non-hydrogen) atoms. The van der Waals surface area contributed by atoms with Gasteiger partial charge in [0.2, 0.25) is 11.8 Å². The summed E-state index contributed by atoms with van der Waals surface area (Å²) in [5, 5.41) is 9.83. The van der Waals surface area contributed by atoms with E-state index in [2.05, 4.69) is 20.4 Å². The summed E-state index contributed by atoms with van der Waals surface area (Å²) in [6, 6.07) is 7.62. The van der Waals surface area contributed by atoms with Crippen molar-refractivity contribution in [1.29, 1.82) is 0 Å². The third-order valence-electron chi connectivity index (χ3n) is 10.7. The number of carbonyl (C=O) groups excluding carboxylic acids is 5. The molecule has 0 radical (unpaired) electrons. The van der Waals surface area contributed by atoms with Gasteiger partial charge in [0.15, 0.2) is 0 Å². The zero-order chi connectivity index (χ0) is 36.0.